The Morgan fingerprint density at radius 3 is 2.92 bits per heavy atom. The molecule has 3 heterocycles. The molecule has 3 aromatic heterocycles. The van der Waals surface area contributed by atoms with Gasteiger partial charge in [0.25, 0.3) is 0 Å². The maximum atomic E-state index is 12.9. The van der Waals surface area contributed by atoms with Gasteiger partial charge in [-0.2, -0.15) is 0 Å². The van der Waals surface area contributed by atoms with Crippen LogP contribution >= 0.6 is 22.7 Å². The lowest BCUT2D eigenvalue weighted by atomic mass is 10.0. The Morgan fingerprint density at radius 1 is 1.27 bits per heavy atom. The third-order valence-electron chi connectivity index (χ3n) is 4.71. The SMILES string of the molecule is Cc1ccc2nc(NC(=O)C3(c4cc(-c5cccs5)on4)CC3)sc2c1. The molecule has 26 heavy (non-hydrogen) atoms. The number of aryl methyl sites for hydroxylation is 1. The fourth-order valence-corrected chi connectivity index (χ4v) is 4.69. The summed E-state index contributed by atoms with van der Waals surface area (Å²) in [7, 11) is 0. The second kappa shape index (κ2) is 5.75. The Labute approximate surface area is 157 Å². The highest BCUT2D eigenvalue weighted by Gasteiger charge is 2.54. The topological polar surface area (TPSA) is 68.0 Å². The van der Waals surface area contributed by atoms with Crippen LogP contribution in [0.2, 0.25) is 0 Å². The number of hydrogen-bond acceptors (Lipinski definition) is 6. The molecule has 1 saturated carbocycles. The summed E-state index contributed by atoms with van der Waals surface area (Å²) in [6, 6.07) is 11.9. The lowest BCUT2D eigenvalue weighted by molar-refractivity contribution is -0.118. The average Bonchev–Trinajstić information content (AvgIpc) is 3.02. The molecule has 0 atom stereocenters. The molecule has 1 aliphatic rings. The second-order valence-corrected chi connectivity index (χ2v) is 8.56. The Morgan fingerprint density at radius 2 is 2.15 bits per heavy atom. The lowest BCUT2D eigenvalue weighted by Crippen LogP contribution is -2.28. The molecular formula is C19H15N3O2S2. The molecule has 7 heteroatoms. The number of thiazole rings is 1. The van der Waals surface area contributed by atoms with Gasteiger partial charge < -0.3 is 9.84 Å². The first kappa shape index (κ1) is 15.7. The summed E-state index contributed by atoms with van der Waals surface area (Å²) in [5, 5.41) is 9.78. The van der Waals surface area contributed by atoms with E-state index in [0.717, 1.165) is 27.9 Å². The highest BCUT2D eigenvalue weighted by Crippen LogP contribution is 2.49. The standard InChI is InChI=1S/C19H15N3O2S2/c1-11-4-5-12-15(9-11)26-18(20-12)21-17(23)19(6-7-19)16-10-13(24-22-16)14-3-2-8-25-14/h2-5,8-10H,6-7H2,1H3,(H,20,21,23). The Bertz CT molecular complexity index is 1110. The van der Waals surface area contributed by atoms with Crippen LogP contribution in [0.4, 0.5) is 5.13 Å². The van der Waals surface area contributed by atoms with E-state index in [4.69, 9.17) is 4.52 Å². The third kappa shape index (κ3) is 2.55. The maximum Gasteiger partial charge on any atom is 0.238 e. The van der Waals surface area contributed by atoms with Crippen LogP contribution in [-0.4, -0.2) is 16.0 Å². The number of thiophene rings is 1. The summed E-state index contributed by atoms with van der Waals surface area (Å²) in [6.45, 7) is 2.05. The van der Waals surface area contributed by atoms with Crippen molar-refractivity contribution in [2.45, 2.75) is 25.2 Å². The van der Waals surface area contributed by atoms with E-state index in [9.17, 15) is 4.79 Å². The van der Waals surface area contributed by atoms with Crippen molar-refractivity contribution < 1.29 is 9.32 Å². The molecule has 0 spiro atoms. The van der Waals surface area contributed by atoms with Crippen molar-refractivity contribution in [3.8, 4) is 10.6 Å². The zero-order chi connectivity index (χ0) is 17.7. The van der Waals surface area contributed by atoms with Gasteiger partial charge in [0, 0.05) is 6.07 Å². The molecule has 5 nitrogen and oxygen atoms in total. The van der Waals surface area contributed by atoms with Crippen LogP contribution in [0.25, 0.3) is 20.9 Å². The number of fused-ring (bicyclic) bond motifs is 1. The van der Waals surface area contributed by atoms with Gasteiger partial charge >= 0.3 is 0 Å². The fourth-order valence-electron chi connectivity index (χ4n) is 3.06. The molecule has 1 aromatic carbocycles. The number of aromatic nitrogens is 2. The number of carbonyl (C=O) groups is 1. The van der Waals surface area contributed by atoms with Crippen LogP contribution in [-0.2, 0) is 10.2 Å². The molecule has 130 valence electrons. The van der Waals surface area contributed by atoms with Gasteiger partial charge in [-0.1, -0.05) is 28.6 Å². The number of benzene rings is 1. The van der Waals surface area contributed by atoms with Gasteiger partial charge in [-0.05, 0) is 48.9 Å². The zero-order valence-electron chi connectivity index (χ0n) is 14.0. The van der Waals surface area contributed by atoms with E-state index in [1.807, 2.05) is 42.6 Å². The smallest absolute Gasteiger partial charge is 0.238 e. The zero-order valence-corrected chi connectivity index (χ0v) is 15.6. The lowest BCUT2D eigenvalue weighted by Gasteiger charge is -2.10. The fraction of sp³-hybridized carbons (Fsp3) is 0.211. The van der Waals surface area contributed by atoms with Crippen LogP contribution in [0.1, 0.15) is 24.1 Å². The number of nitrogens with one attached hydrogen (secondary N) is 1. The molecule has 0 bridgehead atoms. The molecule has 0 aliphatic heterocycles. The van der Waals surface area contributed by atoms with Crippen molar-refractivity contribution >= 4 is 43.9 Å². The number of carbonyl (C=O) groups excluding carboxylic acids is 1. The summed E-state index contributed by atoms with van der Waals surface area (Å²) in [4.78, 5) is 18.4. The van der Waals surface area contributed by atoms with Crippen LogP contribution in [0, 0.1) is 6.92 Å². The summed E-state index contributed by atoms with van der Waals surface area (Å²) in [6.07, 6.45) is 1.55. The van der Waals surface area contributed by atoms with Crippen molar-refractivity contribution in [1.29, 1.82) is 0 Å². The van der Waals surface area contributed by atoms with Gasteiger partial charge in [0.15, 0.2) is 10.9 Å². The molecule has 0 saturated heterocycles. The van der Waals surface area contributed by atoms with Gasteiger partial charge in [0.05, 0.1) is 26.2 Å². The Kier molecular flexibility index (Phi) is 3.48. The van der Waals surface area contributed by atoms with E-state index < -0.39 is 5.41 Å². The molecule has 1 aliphatic carbocycles. The summed E-state index contributed by atoms with van der Waals surface area (Å²) in [5.74, 6) is 0.656. The van der Waals surface area contributed by atoms with Gasteiger partial charge in [-0.25, -0.2) is 4.98 Å². The van der Waals surface area contributed by atoms with Crippen LogP contribution < -0.4 is 5.32 Å². The Hall–Kier alpha value is -2.51. The van der Waals surface area contributed by atoms with Crippen LogP contribution in [0.15, 0.2) is 46.3 Å². The first-order valence-corrected chi connectivity index (χ1v) is 10.0. The number of nitrogens with zero attached hydrogens (tertiary/aromatic N) is 2. The normalized spacial score (nSPS) is 15.3. The van der Waals surface area contributed by atoms with E-state index in [1.54, 1.807) is 11.3 Å². The van der Waals surface area contributed by atoms with E-state index in [-0.39, 0.29) is 5.91 Å². The summed E-state index contributed by atoms with van der Waals surface area (Å²) < 4.78 is 6.54. The largest absolute Gasteiger partial charge is 0.355 e. The van der Waals surface area contributed by atoms with Crippen molar-refractivity contribution in [2.24, 2.45) is 0 Å². The average molecular weight is 381 g/mol. The number of rotatable bonds is 4. The predicted octanol–water partition coefficient (Wildman–Crippen LogP) is 4.99. The molecule has 1 N–H and O–H groups in total. The monoisotopic (exact) mass is 381 g/mol. The van der Waals surface area contributed by atoms with Crippen molar-refractivity contribution in [3.63, 3.8) is 0 Å². The van der Waals surface area contributed by atoms with Gasteiger partial charge in [-0.15, -0.1) is 11.3 Å². The molecule has 0 radical (unpaired) electrons. The first-order valence-electron chi connectivity index (χ1n) is 8.34. The van der Waals surface area contributed by atoms with Crippen LogP contribution in [0.5, 0.6) is 0 Å². The predicted molar refractivity (Wildman–Crippen MR) is 104 cm³/mol. The molecule has 1 amide bonds. The molecule has 1 fully saturated rings. The third-order valence-corrected chi connectivity index (χ3v) is 6.53. The van der Waals surface area contributed by atoms with E-state index in [0.29, 0.717) is 16.6 Å². The van der Waals surface area contributed by atoms with Crippen molar-refractivity contribution in [1.82, 2.24) is 10.1 Å². The van der Waals surface area contributed by atoms with Crippen molar-refractivity contribution in [3.05, 3.63) is 53.0 Å². The summed E-state index contributed by atoms with van der Waals surface area (Å²) >= 11 is 3.09. The molecule has 5 rings (SSSR count). The number of anilines is 1. The molecule has 0 unspecified atom stereocenters. The number of amides is 1. The van der Waals surface area contributed by atoms with Crippen LogP contribution in [0.3, 0.4) is 0 Å². The van der Waals surface area contributed by atoms with Gasteiger partial charge in [0.1, 0.15) is 0 Å². The second-order valence-electron chi connectivity index (χ2n) is 6.58. The minimum absolute atomic E-state index is 0.0562. The highest BCUT2D eigenvalue weighted by molar-refractivity contribution is 7.22. The van der Waals surface area contributed by atoms with E-state index >= 15 is 0 Å². The van der Waals surface area contributed by atoms with Crippen molar-refractivity contribution in [2.75, 3.05) is 5.32 Å². The van der Waals surface area contributed by atoms with E-state index in [1.165, 1.54) is 16.9 Å². The Balaban J connectivity index is 1.40. The van der Waals surface area contributed by atoms with Gasteiger partial charge in [-0.3, -0.25) is 4.79 Å². The van der Waals surface area contributed by atoms with E-state index in [2.05, 4.69) is 21.5 Å². The minimum Gasteiger partial charge on any atom is -0.355 e. The molecular weight excluding hydrogens is 366 g/mol. The number of hydrogen-bond donors (Lipinski definition) is 1. The first-order chi connectivity index (χ1) is 12.6. The minimum atomic E-state index is -0.590. The highest BCUT2D eigenvalue weighted by atomic mass is 32.1. The quantitative estimate of drug-likeness (QED) is 0.541. The summed E-state index contributed by atoms with van der Waals surface area (Å²) in [5.41, 5.74) is 2.20. The van der Waals surface area contributed by atoms with Gasteiger partial charge in [0.2, 0.25) is 5.91 Å². The molecule has 4 aromatic rings. The maximum absolute atomic E-state index is 12.9.